The van der Waals surface area contributed by atoms with E-state index in [-0.39, 0.29) is 11.7 Å². The van der Waals surface area contributed by atoms with Gasteiger partial charge in [0.2, 0.25) is 0 Å². The molecule has 0 aromatic heterocycles. The van der Waals surface area contributed by atoms with Crippen LogP contribution in [0.4, 0.5) is 5.69 Å². The Bertz CT molecular complexity index is 328. The molecule has 1 aromatic carbocycles. The van der Waals surface area contributed by atoms with Crippen LogP contribution in [0, 0.1) is 0 Å². The molecular weight excluding hydrogens is 198 g/mol. The highest BCUT2D eigenvalue weighted by Gasteiger charge is 2.10. The smallest absolute Gasteiger partial charge is 0.304 e. The molecule has 0 fully saturated rings. The van der Waals surface area contributed by atoms with Crippen molar-refractivity contribution in [3.8, 4) is 0 Å². The summed E-state index contributed by atoms with van der Waals surface area (Å²) in [7, 11) is 0. The largest absolute Gasteiger partial charge is 0.481 e. The summed E-state index contributed by atoms with van der Waals surface area (Å²) in [4.78, 5) is 11.4. The van der Waals surface area contributed by atoms with E-state index in [2.05, 4.69) is 0 Å². The predicted octanol–water partition coefficient (Wildman–Crippen LogP) is 2.22. The van der Waals surface area contributed by atoms with Crippen molar-refractivity contribution in [1.29, 1.82) is 0 Å². The Balaban J connectivity index is 2.60. The van der Waals surface area contributed by atoms with E-state index >= 15 is 0 Å². The monoisotopic (exact) mass is 211 g/mol. The maximum Gasteiger partial charge on any atom is 0.304 e. The Morgan fingerprint density at radius 1 is 1.57 bits per heavy atom. The fourth-order valence-corrected chi connectivity index (χ4v) is 2.11. The van der Waals surface area contributed by atoms with Crippen molar-refractivity contribution < 1.29 is 9.90 Å². The van der Waals surface area contributed by atoms with Gasteiger partial charge < -0.3 is 10.8 Å². The summed E-state index contributed by atoms with van der Waals surface area (Å²) in [6, 6.07) is 7.47. The third kappa shape index (κ3) is 3.30. The fraction of sp³-hybridized carbons (Fsp3) is 0.300. The molecule has 0 aliphatic heterocycles. The van der Waals surface area contributed by atoms with Gasteiger partial charge in [-0.15, -0.1) is 11.8 Å². The quantitative estimate of drug-likeness (QED) is 0.592. The first-order chi connectivity index (χ1) is 6.59. The van der Waals surface area contributed by atoms with Crippen LogP contribution >= 0.6 is 11.8 Å². The Hall–Kier alpha value is -1.16. The highest BCUT2D eigenvalue weighted by atomic mass is 32.2. The Labute approximate surface area is 87.3 Å². The van der Waals surface area contributed by atoms with Gasteiger partial charge in [0.15, 0.2) is 0 Å². The van der Waals surface area contributed by atoms with Crippen LogP contribution in [0.3, 0.4) is 0 Å². The molecule has 0 saturated heterocycles. The second-order valence-electron chi connectivity index (χ2n) is 3.06. The van der Waals surface area contributed by atoms with Crippen LogP contribution in [0.15, 0.2) is 29.2 Å². The van der Waals surface area contributed by atoms with E-state index in [9.17, 15) is 4.79 Å². The molecule has 14 heavy (non-hydrogen) atoms. The molecule has 76 valence electrons. The topological polar surface area (TPSA) is 63.3 Å². The lowest BCUT2D eigenvalue weighted by atomic mass is 10.3. The minimum Gasteiger partial charge on any atom is -0.481 e. The number of aliphatic carboxylic acids is 1. The number of nitrogen functional groups attached to an aromatic ring is 1. The maximum absolute atomic E-state index is 10.4. The normalized spacial score (nSPS) is 12.4. The Kier molecular flexibility index (Phi) is 3.83. The molecule has 1 rings (SSSR count). The molecule has 3 N–H and O–H groups in total. The average molecular weight is 211 g/mol. The van der Waals surface area contributed by atoms with E-state index in [1.165, 1.54) is 11.8 Å². The summed E-state index contributed by atoms with van der Waals surface area (Å²) in [5, 5.41) is 8.63. The SMILES string of the molecule is C[C@@H](CC(=O)O)Sc1ccccc1N. The third-order valence-electron chi connectivity index (χ3n) is 1.71. The van der Waals surface area contributed by atoms with Crippen molar-refractivity contribution in [3.63, 3.8) is 0 Å². The van der Waals surface area contributed by atoms with Gasteiger partial charge in [0.25, 0.3) is 0 Å². The first kappa shape index (κ1) is 10.9. The molecule has 0 aliphatic rings. The molecule has 0 heterocycles. The van der Waals surface area contributed by atoms with Crippen LogP contribution in [-0.4, -0.2) is 16.3 Å². The zero-order chi connectivity index (χ0) is 10.6. The molecule has 1 aromatic rings. The number of nitrogens with two attached hydrogens (primary N) is 1. The molecule has 0 bridgehead atoms. The molecule has 1 atom stereocenters. The number of carboxylic acids is 1. The van der Waals surface area contributed by atoms with Crippen molar-refractivity contribution in [2.24, 2.45) is 0 Å². The second kappa shape index (κ2) is 4.91. The Morgan fingerprint density at radius 3 is 2.79 bits per heavy atom. The molecule has 0 saturated carbocycles. The van der Waals surface area contributed by atoms with Gasteiger partial charge in [-0.3, -0.25) is 4.79 Å². The van der Waals surface area contributed by atoms with Gasteiger partial charge in [-0.2, -0.15) is 0 Å². The molecule has 4 heteroatoms. The van der Waals surface area contributed by atoms with Crippen molar-refractivity contribution in [3.05, 3.63) is 24.3 Å². The number of carboxylic acid groups (broad SMARTS) is 1. The van der Waals surface area contributed by atoms with E-state index < -0.39 is 5.97 Å². The average Bonchev–Trinajstić information content (AvgIpc) is 2.07. The number of hydrogen-bond acceptors (Lipinski definition) is 3. The summed E-state index contributed by atoms with van der Waals surface area (Å²) in [6.07, 6.45) is 0.152. The molecule has 0 amide bonds. The van der Waals surface area contributed by atoms with E-state index in [1.807, 2.05) is 31.2 Å². The van der Waals surface area contributed by atoms with Gasteiger partial charge in [-0.25, -0.2) is 0 Å². The first-order valence-corrected chi connectivity index (χ1v) is 5.20. The third-order valence-corrected chi connectivity index (χ3v) is 2.90. The van der Waals surface area contributed by atoms with Crippen molar-refractivity contribution in [2.45, 2.75) is 23.5 Å². The number of thioether (sulfide) groups is 1. The number of hydrogen-bond donors (Lipinski definition) is 2. The molecule has 0 spiro atoms. The molecule has 0 aliphatic carbocycles. The number of carbonyl (C=O) groups is 1. The van der Waals surface area contributed by atoms with E-state index in [1.54, 1.807) is 0 Å². The van der Waals surface area contributed by atoms with Crippen molar-refractivity contribution >= 4 is 23.4 Å². The van der Waals surface area contributed by atoms with Crippen LogP contribution in [0.1, 0.15) is 13.3 Å². The van der Waals surface area contributed by atoms with Crippen molar-refractivity contribution in [1.82, 2.24) is 0 Å². The molecular formula is C10H13NO2S. The van der Waals surface area contributed by atoms with Crippen LogP contribution < -0.4 is 5.73 Å². The van der Waals surface area contributed by atoms with E-state index in [0.29, 0.717) is 5.69 Å². The highest BCUT2D eigenvalue weighted by Crippen LogP contribution is 2.29. The summed E-state index contributed by atoms with van der Waals surface area (Å²) >= 11 is 1.49. The zero-order valence-corrected chi connectivity index (χ0v) is 8.75. The van der Waals surface area contributed by atoms with Gasteiger partial charge in [0.05, 0.1) is 6.42 Å². The number of para-hydroxylation sites is 1. The summed E-state index contributed by atoms with van der Waals surface area (Å²) in [6.45, 7) is 1.88. The molecule has 0 radical (unpaired) electrons. The lowest BCUT2D eigenvalue weighted by Crippen LogP contribution is -2.05. The lowest BCUT2D eigenvalue weighted by Gasteiger charge is -2.09. The van der Waals surface area contributed by atoms with Crippen molar-refractivity contribution in [2.75, 3.05) is 5.73 Å². The first-order valence-electron chi connectivity index (χ1n) is 4.32. The highest BCUT2D eigenvalue weighted by molar-refractivity contribution is 8.00. The molecule has 3 nitrogen and oxygen atoms in total. The zero-order valence-electron chi connectivity index (χ0n) is 7.93. The Morgan fingerprint density at radius 2 is 2.21 bits per heavy atom. The minimum absolute atomic E-state index is 0.0391. The summed E-state index contributed by atoms with van der Waals surface area (Å²) in [5.41, 5.74) is 6.43. The van der Waals surface area contributed by atoms with E-state index in [0.717, 1.165) is 4.90 Å². The fourth-order valence-electron chi connectivity index (χ4n) is 1.09. The summed E-state index contributed by atoms with van der Waals surface area (Å²) in [5.74, 6) is -0.778. The van der Waals surface area contributed by atoms with Crippen LogP contribution in [-0.2, 0) is 4.79 Å². The van der Waals surface area contributed by atoms with Crippen LogP contribution in [0.5, 0.6) is 0 Å². The molecule has 0 unspecified atom stereocenters. The van der Waals surface area contributed by atoms with E-state index in [4.69, 9.17) is 10.8 Å². The standard InChI is InChI=1S/C10H13NO2S/c1-7(6-10(12)13)14-9-5-3-2-4-8(9)11/h2-5,7H,6,11H2,1H3,(H,12,13)/t7-/m0/s1. The minimum atomic E-state index is -0.778. The van der Waals surface area contributed by atoms with Gasteiger partial charge >= 0.3 is 5.97 Å². The number of benzene rings is 1. The van der Waals surface area contributed by atoms with Gasteiger partial charge in [0.1, 0.15) is 0 Å². The maximum atomic E-state index is 10.4. The van der Waals surface area contributed by atoms with Gasteiger partial charge in [-0.1, -0.05) is 19.1 Å². The number of anilines is 1. The predicted molar refractivity (Wildman–Crippen MR) is 58.4 cm³/mol. The lowest BCUT2D eigenvalue weighted by molar-refractivity contribution is -0.136. The summed E-state index contributed by atoms with van der Waals surface area (Å²) < 4.78 is 0. The van der Waals surface area contributed by atoms with Gasteiger partial charge in [-0.05, 0) is 12.1 Å². The van der Waals surface area contributed by atoms with Gasteiger partial charge in [0, 0.05) is 15.8 Å². The second-order valence-corrected chi connectivity index (χ2v) is 4.54. The van der Waals surface area contributed by atoms with Crippen LogP contribution in [0.25, 0.3) is 0 Å². The number of rotatable bonds is 4. The van der Waals surface area contributed by atoms with Crippen LogP contribution in [0.2, 0.25) is 0 Å².